The smallest absolute Gasteiger partial charge is 0.352 e. The van der Waals surface area contributed by atoms with E-state index in [2.05, 4.69) is 31.9 Å². The Morgan fingerprint density at radius 2 is 1.75 bits per heavy atom. The summed E-state index contributed by atoms with van der Waals surface area (Å²) in [5, 5.41) is 9.31. The summed E-state index contributed by atoms with van der Waals surface area (Å²) in [7, 11) is 0. The van der Waals surface area contributed by atoms with Gasteiger partial charge in [0.15, 0.2) is 0 Å². The molecule has 0 aliphatic carbocycles. The van der Waals surface area contributed by atoms with Gasteiger partial charge in [-0.05, 0) is 50.6 Å². The molecule has 0 amide bonds. The molecule has 0 fully saturated rings. The molecule has 0 saturated heterocycles. The molecule has 3 nitrogen and oxygen atoms in total. The molecule has 1 aromatic heterocycles. The van der Waals surface area contributed by atoms with Crippen molar-refractivity contribution in [3.05, 3.63) is 44.5 Å². The van der Waals surface area contributed by atoms with Gasteiger partial charge in [-0.2, -0.15) is 0 Å². The fourth-order valence-corrected chi connectivity index (χ4v) is 4.15. The molecule has 106 valence electrons. The summed E-state index contributed by atoms with van der Waals surface area (Å²) < 4.78 is 3.73. The fraction of sp³-hybridized carbons (Fsp3) is 0.267. The predicted octanol–water partition coefficient (Wildman–Crippen LogP) is 5.27. The molecule has 2 aromatic rings. The van der Waals surface area contributed by atoms with E-state index in [4.69, 9.17) is 0 Å². The van der Waals surface area contributed by atoms with Gasteiger partial charge in [0.1, 0.15) is 5.69 Å². The van der Waals surface area contributed by atoms with Gasteiger partial charge in [-0.1, -0.05) is 31.9 Å². The monoisotopic (exact) mass is 399 g/mol. The summed E-state index contributed by atoms with van der Waals surface area (Å²) in [4.78, 5) is 11.4. The SMILES string of the molecule is Cc1cc(Br)c(-c2ccc(C(=O)O)n2C(C)C)c(Br)c1. The quantitative estimate of drug-likeness (QED) is 0.762. The Kier molecular flexibility index (Phi) is 4.39. The van der Waals surface area contributed by atoms with Crippen LogP contribution >= 0.6 is 31.9 Å². The number of aromatic carboxylic acids is 1. The number of aryl methyl sites for hydroxylation is 1. The Hall–Kier alpha value is -1.07. The van der Waals surface area contributed by atoms with Crippen molar-refractivity contribution in [3.63, 3.8) is 0 Å². The average Bonchev–Trinajstić information content (AvgIpc) is 2.72. The Labute approximate surface area is 134 Å². The minimum absolute atomic E-state index is 0.0613. The van der Waals surface area contributed by atoms with E-state index in [1.54, 1.807) is 6.07 Å². The lowest BCUT2D eigenvalue weighted by Gasteiger charge is -2.18. The van der Waals surface area contributed by atoms with Crippen molar-refractivity contribution >= 4 is 37.8 Å². The summed E-state index contributed by atoms with van der Waals surface area (Å²) in [6.45, 7) is 5.97. The number of rotatable bonds is 3. The van der Waals surface area contributed by atoms with Crippen molar-refractivity contribution in [1.29, 1.82) is 0 Å². The number of halogens is 2. The summed E-state index contributed by atoms with van der Waals surface area (Å²) in [5.74, 6) is -0.913. The lowest BCUT2D eigenvalue weighted by molar-refractivity contribution is 0.0683. The highest BCUT2D eigenvalue weighted by Crippen LogP contribution is 2.38. The van der Waals surface area contributed by atoms with Crippen molar-refractivity contribution in [3.8, 4) is 11.3 Å². The molecule has 0 radical (unpaired) electrons. The van der Waals surface area contributed by atoms with Gasteiger partial charge < -0.3 is 9.67 Å². The number of benzene rings is 1. The summed E-state index contributed by atoms with van der Waals surface area (Å²) in [5.41, 5.74) is 3.29. The van der Waals surface area contributed by atoms with Crippen LogP contribution in [0.5, 0.6) is 0 Å². The summed E-state index contributed by atoms with van der Waals surface area (Å²) >= 11 is 7.15. The minimum atomic E-state index is -0.913. The number of hydrogen-bond donors (Lipinski definition) is 1. The molecule has 2 rings (SSSR count). The first-order valence-electron chi connectivity index (χ1n) is 6.23. The van der Waals surface area contributed by atoms with Crippen molar-refractivity contribution < 1.29 is 9.90 Å². The van der Waals surface area contributed by atoms with Crippen molar-refractivity contribution in [1.82, 2.24) is 4.57 Å². The van der Waals surface area contributed by atoms with E-state index in [0.717, 1.165) is 25.8 Å². The van der Waals surface area contributed by atoms with Gasteiger partial charge in [-0.25, -0.2) is 4.79 Å². The number of carbonyl (C=O) groups is 1. The Morgan fingerprint density at radius 1 is 1.20 bits per heavy atom. The fourth-order valence-electron chi connectivity index (χ4n) is 2.33. The lowest BCUT2D eigenvalue weighted by atomic mass is 10.1. The molecular weight excluding hydrogens is 386 g/mol. The van der Waals surface area contributed by atoms with Gasteiger partial charge in [0.2, 0.25) is 0 Å². The topological polar surface area (TPSA) is 42.2 Å². The van der Waals surface area contributed by atoms with E-state index in [1.165, 1.54) is 0 Å². The van der Waals surface area contributed by atoms with Gasteiger partial charge in [-0.3, -0.25) is 0 Å². The molecule has 0 aliphatic heterocycles. The zero-order valence-electron chi connectivity index (χ0n) is 11.4. The molecule has 5 heteroatoms. The molecule has 0 atom stereocenters. The molecule has 1 N–H and O–H groups in total. The van der Waals surface area contributed by atoms with Crippen LogP contribution in [0.3, 0.4) is 0 Å². The molecular formula is C15H15Br2NO2. The average molecular weight is 401 g/mol. The van der Waals surface area contributed by atoms with Gasteiger partial charge in [-0.15, -0.1) is 0 Å². The number of hydrogen-bond acceptors (Lipinski definition) is 1. The maximum absolute atomic E-state index is 11.4. The van der Waals surface area contributed by atoms with Crippen LogP contribution in [0.15, 0.2) is 33.2 Å². The number of carboxylic acid groups (broad SMARTS) is 1. The molecule has 0 bridgehead atoms. The van der Waals surface area contributed by atoms with Crippen molar-refractivity contribution in [2.45, 2.75) is 26.8 Å². The number of carboxylic acids is 1. The Bertz CT molecular complexity index is 652. The molecule has 1 aromatic carbocycles. The number of nitrogens with zero attached hydrogens (tertiary/aromatic N) is 1. The Balaban J connectivity index is 2.74. The summed E-state index contributed by atoms with van der Waals surface area (Å²) in [6, 6.07) is 7.61. The second-order valence-electron chi connectivity index (χ2n) is 4.98. The minimum Gasteiger partial charge on any atom is -0.477 e. The third-order valence-electron chi connectivity index (χ3n) is 3.10. The first kappa shape index (κ1) is 15.3. The highest BCUT2D eigenvalue weighted by atomic mass is 79.9. The zero-order valence-corrected chi connectivity index (χ0v) is 14.6. The molecule has 0 spiro atoms. The highest BCUT2D eigenvalue weighted by molar-refractivity contribution is 9.11. The second-order valence-corrected chi connectivity index (χ2v) is 6.68. The van der Waals surface area contributed by atoms with E-state index in [1.807, 2.05) is 43.5 Å². The van der Waals surface area contributed by atoms with E-state index in [-0.39, 0.29) is 6.04 Å². The largest absolute Gasteiger partial charge is 0.477 e. The van der Waals surface area contributed by atoms with Crippen LogP contribution in [0.25, 0.3) is 11.3 Å². The first-order chi connectivity index (χ1) is 9.32. The normalized spacial score (nSPS) is 11.1. The van der Waals surface area contributed by atoms with Crippen LogP contribution < -0.4 is 0 Å². The zero-order chi connectivity index (χ0) is 15.0. The standard InChI is InChI=1S/C15H15Br2NO2/c1-8(2)18-12(4-5-13(18)15(19)20)14-10(16)6-9(3)7-11(14)17/h4-8H,1-3H3,(H,19,20). The van der Waals surface area contributed by atoms with Gasteiger partial charge in [0, 0.05) is 20.6 Å². The molecule has 1 heterocycles. The molecule has 0 saturated carbocycles. The molecule has 0 aliphatic rings. The van der Waals surface area contributed by atoms with E-state index < -0.39 is 5.97 Å². The maximum Gasteiger partial charge on any atom is 0.352 e. The molecule has 20 heavy (non-hydrogen) atoms. The van der Waals surface area contributed by atoms with Crippen LogP contribution in [0.1, 0.15) is 35.9 Å². The van der Waals surface area contributed by atoms with E-state index >= 15 is 0 Å². The van der Waals surface area contributed by atoms with Crippen LogP contribution in [-0.4, -0.2) is 15.6 Å². The van der Waals surface area contributed by atoms with Gasteiger partial charge >= 0.3 is 5.97 Å². The summed E-state index contributed by atoms with van der Waals surface area (Å²) in [6.07, 6.45) is 0. The van der Waals surface area contributed by atoms with Crippen LogP contribution in [0.2, 0.25) is 0 Å². The number of aromatic nitrogens is 1. The van der Waals surface area contributed by atoms with Crippen molar-refractivity contribution in [2.24, 2.45) is 0 Å². The Morgan fingerprint density at radius 3 is 2.20 bits per heavy atom. The van der Waals surface area contributed by atoms with Crippen LogP contribution in [0, 0.1) is 6.92 Å². The second kappa shape index (κ2) is 5.74. The predicted molar refractivity (Wildman–Crippen MR) is 87.3 cm³/mol. The highest BCUT2D eigenvalue weighted by Gasteiger charge is 2.20. The third kappa shape index (κ3) is 2.69. The van der Waals surface area contributed by atoms with Crippen molar-refractivity contribution in [2.75, 3.05) is 0 Å². The third-order valence-corrected chi connectivity index (χ3v) is 4.35. The van der Waals surface area contributed by atoms with Gasteiger partial charge in [0.05, 0.1) is 5.69 Å². The van der Waals surface area contributed by atoms with Crippen LogP contribution in [0.4, 0.5) is 0 Å². The maximum atomic E-state index is 11.4. The lowest BCUT2D eigenvalue weighted by Crippen LogP contribution is -2.12. The van der Waals surface area contributed by atoms with Gasteiger partial charge in [0.25, 0.3) is 0 Å². The first-order valence-corrected chi connectivity index (χ1v) is 7.82. The molecule has 0 unspecified atom stereocenters. The van der Waals surface area contributed by atoms with E-state index in [0.29, 0.717) is 5.69 Å². The van der Waals surface area contributed by atoms with E-state index in [9.17, 15) is 9.90 Å². The van der Waals surface area contributed by atoms with Crippen LogP contribution in [-0.2, 0) is 0 Å².